The van der Waals surface area contributed by atoms with Crippen molar-refractivity contribution >= 4 is 22.6 Å². The van der Waals surface area contributed by atoms with Crippen LogP contribution in [0.2, 0.25) is 0 Å². The first-order valence-corrected chi connectivity index (χ1v) is 7.72. The van der Waals surface area contributed by atoms with Crippen molar-refractivity contribution in [2.75, 3.05) is 0 Å². The summed E-state index contributed by atoms with van der Waals surface area (Å²) >= 11 is 2.30. The number of hydrogen-bond acceptors (Lipinski definition) is 1. The number of benzene rings is 1. The molecule has 2 rings (SSSR count). The molecule has 1 fully saturated rings. The van der Waals surface area contributed by atoms with Crippen LogP contribution in [0.15, 0.2) is 24.3 Å². The van der Waals surface area contributed by atoms with Gasteiger partial charge in [-0.1, -0.05) is 38.3 Å². The summed E-state index contributed by atoms with van der Waals surface area (Å²) in [6, 6.07) is 8.30. The zero-order chi connectivity index (χ0) is 12.3. The number of aliphatic hydroxyl groups excluding tert-OH is 1. The SMILES string of the molecule is CCC1CCC(C(O)c2ccc(I)cc2)CC1. The Balaban J connectivity index is 1.96. The fourth-order valence-electron chi connectivity index (χ4n) is 2.84. The molecular formula is C15H21IO. The second-order valence-electron chi connectivity index (χ2n) is 5.19. The van der Waals surface area contributed by atoms with Crippen LogP contribution in [0.25, 0.3) is 0 Å². The highest BCUT2D eigenvalue weighted by molar-refractivity contribution is 14.1. The van der Waals surface area contributed by atoms with Crippen LogP contribution in [0, 0.1) is 15.4 Å². The fraction of sp³-hybridized carbons (Fsp3) is 0.600. The van der Waals surface area contributed by atoms with E-state index < -0.39 is 0 Å². The van der Waals surface area contributed by atoms with Crippen molar-refractivity contribution in [2.24, 2.45) is 11.8 Å². The third kappa shape index (κ3) is 3.44. The Bertz CT molecular complexity index is 338. The average Bonchev–Trinajstić information content (AvgIpc) is 2.39. The second-order valence-corrected chi connectivity index (χ2v) is 6.43. The summed E-state index contributed by atoms with van der Waals surface area (Å²) in [6.45, 7) is 2.28. The van der Waals surface area contributed by atoms with Gasteiger partial charge in [0.2, 0.25) is 0 Å². The minimum atomic E-state index is -0.259. The molecule has 1 aromatic rings. The fourth-order valence-corrected chi connectivity index (χ4v) is 3.20. The molecule has 0 amide bonds. The number of hydrogen-bond donors (Lipinski definition) is 1. The van der Waals surface area contributed by atoms with Gasteiger partial charge in [-0.15, -0.1) is 0 Å². The third-order valence-corrected chi connectivity index (χ3v) is 4.85. The molecule has 1 atom stereocenters. The largest absolute Gasteiger partial charge is 0.388 e. The Morgan fingerprint density at radius 3 is 2.29 bits per heavy atom. The van der Waals surface area contributed by atoms with Crippen molar-refractivity contribution in [1.29, 1.82) is 0 Å². The van der Waals surface area contributed by atoms with Gasteiger partial charge in [-0.3, -0.25) is 0 Å². The van der Waals surface area contributed by atoms with Crippen LogP contribution in [0.3, 0.4) is 0 Å². The molecule has 2 heteroatoms. The molecule has 0 bridgehead atoms. The Morgan fingerprint density at radius 2 is 1.76 bits per heavy atom. The molecule has 0 heterocycles. The lowest BCUT2D eigenvalue weighted by Gasteiger charge is -2.31. The number of halogens is 1. The maximum Gasteiger partial charge on any atom is 0.0818 e. The zero-order valence-corrected chi connectivity index (χ0v) is 12.6. The lowest BCUT2D eigenvalue weighted by atomic mass is 9.77. The van der Waals surface area contributed by atoms with Crippen LogP contribution in [0.1, 0.15) is 50.7 Å². The average molecular weight is 344 g/mol. The standard InChI is InChI=1S/C15H21IO/c1-2-11-3-5-12(6-4-11)15(17)13-7-9-14(16)10-8-13/h7-12,15,17H,2-6H2,1H3. The summed E-state index contributed by atoms with van der Waals surface area (Å²) in [5, 5.41) is 10.4. The van der Waals surface area contributed by atoms with Crippen LogP contribution >= 0.6 is 22.6 Å². The van der Waals surface area contributed by atoms with E-state index in [0.29, 0.717) is 5.92 Å². The first-order chi connectivity index (χ1) is 8.20. The van der Waals surface area contributed by atoms with Crippen molar-refractivity contribution < 1.29 is 5.11 Å². The third-order valence-electron chi connectivity index (χ3n) is 4.13. The van der Waals surface area contributed by atoms with E-state index in [4.69, 9.17) is 0 Å². The van der Waals surface area contributed by atoms with E-state index in [2.05, 4.69) is 53.8 Å². The van der Waals surface area contributed by atoms with Gasteiger partial charge in [-0.05, 0) is 65.0 Å². The Morgan fingerprint density at radius 1 is 1.18 bits per heavy atom. The summed E-state index contributed by atoms with van der Waals surface area (Å²) in [5.74, 6) is 1.37. The summed E-state index contributed by atoms with van der Waals surface area (Å²) in [7, 11) is 0. The molecule has 0 aliphatic heterocycles. The van der Waals surface area contributed by atoms with Crippen LogP contribution < -0.4 is 0 Å². The predicted molar refractivity (Wildman–Crippen MR) is 79.9 cm³/mol. The predicted octanol–water partition coefficient (Wildman–Crippen LogP) is 4.54. The van der Waals surface area contributed by atoms with Crippen LogP contribution in [0.4, 0.5) is 0 Å². The summed E-state index contributed by atoms with van der Waals surface area (Å²) in [4.78, 5) is 0. The summed E-state index contributed by atoms with van der Waals surface area (Å²) in [5.41, 5.74) is 1.09. The molecule has 1 nitrogen and oxygen atoms in total. The molecule has 17 heavy (non-hydrogen) atoms. The highest BCUT2D eigenvalue weighted by atomic mass is 127. The summed E-state index contributed by atoms with van der Waals surface area (Å²) in [6.07, 6.45) is 6.00. The van der Waals surface area contributed by atoms with Gasteiger partial charge >= 0.3 is 0 Å². The van der Waals surface area contributed by atoms with Crippen LogP contribution in [0.5, 0.6) is 0 Å². The second kappa shape index (κ2) is 6.19. The Labute approximate surface area is 118 Å². The molecule has 1 N–H and O–H groups in total. The maximum atomic E-state index is 10.4. The van der Waals surface area contributed by atoms with E-state index in [0.717, 1.165) is 11.5 Å². The molecule has 1 aromatic carbocycles. The van der Waals surface area contributed by atoms with Crippen LogP contribution in [-0.4, -0.2) is 5.11 Å². The van der Waals surface area contributed by atoms with Gasteiger partial charge in [-0.25, -0.2) is 0 Å². The highest BCUT2D eigenvalue weighted by Gasteiger charge is 2.26. The monoisotopic (exact) mass is 344 g/mol. The molecule has 1 aliphatic rings. The molecule has 1 saturated carbocycles. The quantitative estimate of drug-likeness (QED) is 0.798. The van der Waals surface area contributed by atoms with E-state index in [1.807, 2.05) is 0 Å². The van der Waals surface area contributed by atoms with Crippen molar-refractivity contribution in [3.8, 4) is 0 Å². The van der Waals surface area contributed by atoms with Gasteiger partial charge in [0.25, 0.3) is 0 Å². The van der Waals surface area contributed by atoms with Crippen molar-refractivity contribution in [1.82, 2.24) is 0 Å². The lowest BCUT2D eigenvalue weighted by molar-refractivity contribution is 0.0729. The normalized spacial score (nSPS) is 26.8. The first-order valence-electron chi connectivity index (χ1n) is 6.64. The Kier molecular flexibility index (Phi) is 4.86. The van der Waals surface area contributed by atoms with Gasteiger partial charge in [-0.2, -0.15) is 0 Å². The molecule has 0 spiro atoms. The highest BCUT2D eigenvalue weighted by Crippen LogP contribution is 2.37. The molecule has 94 valence electrons. The van der Waals surface area contributed by atoms with Crippen molar-refractivity contribution in [2.45, 2.75) is 45.1 Å². The number of aliphatic hydroxyl groups is 1. The maximum absolute atomic E-state index is 10.4. The first kappa shape index (κ1) is 13.3. The minimum absolute atomic E-state index is 0.259. The van der Waals surface area contributed by atoms with E-state index >= 15 is 0 Å². The van der Waals surface area contributed by atoms with E-state index in [1.165, 1.54) is 35.7 Å². The smallest absolute Gasteiger partial charge is 0.0818 e. The van der Waals surface area contributed by atoms with Gasteiger partial charge in [0.05, 0.1) is 6.10 Å². The van der Waals surface area contributed by atoms with Crippen molar-refractivity contribution in [3.63, 3.8) is 0 Å². The van der Waals surface area contributed by atoms with E-state index in [-0.39, 0.29) is 6.10 Å². The Hall–Kier alpha value is -0.0900. The van der Waals surface area contributed by atoms with Gasteiger partial charge in [0.1, 0.15) is 0 Å². The van der Waals surface area contributed by atoms with Gasteiger partial charge < -0.3 is 5.11 Å². The van der Waals surface area contributed by atoms with Gasteiger partial charge in [0, 0.05) is 3.57 Å². The molecule has 1 unspecified atom stereocenters. The number of rotatable bonds is 3. The molecule has 1 aliphatic carbocycles. The topological polar surface area (TPSA) is 20.2 Å². The van der Waals surface area contributed by atoms with Crippen molar-refractivity contribution in [3.05, 3.63) is 33.4 Å². The lowest BCUT2D eigenvalue weighted by Crippen LogP contribution is -2.20. The van der Waals surface area contributed by atoms with Gasteiger partial charge in [0.15, 0.2) is 0 Å². The van der Waals surface area contributed by atoms with Crippen LogP contribution in [-0.2, 0) is 0 Å². The zero-order valence-electron chi connectivity index (χ0n) is 10.4. The van der Waals surface area contributed by atoms with E-state index in [1.54, 1.807) is 0 Å². The van der Waals surface area contributed by atoms with E-state index in [9.17, 15) is 5.11 Å². The molecule has 0 aromatic heterocycles. The molecular weight excluding hydrogens is 323 g/mol. The molecule has 0 saturated heterocycles. The summed E-state index contributed by atoms with van der Waals surface area (Å²) < 4.78 is 1.23. The molecule has 0 radical (unpaired) electrons. The minimum Gasteiger partial charge on any atom is -0.388 e.